The summed E-state index contributed by atoms with van der Waals surface area (Å²) in [4.78, 5) is 13.9. The first-order chi connectivity index (χ1) is 15.7. The normalized spacial score (nSPS) is 43.8. The van der Waals surface area contributed by atoms with Gasteiger partial charge in [-0.05, 0) is 91.8 Å². The Labute approximate surface area is 208 Å². The first-order valence-electron chi connectivity index (χ1n) is 14.0. The molecular weight excluding hydrogens is 420 g/mol. The lowest BCUT2D eigenvalue weighted by molar-refractivity contribution is -0.134. The molecule has 8 atom stereocenters. The van der Waals surface area contributed by atoms with E-state index in [0.717, 1.165) is 37.7 Å². The fourth-order valence-corrected chi connectivity index (χ4v) is 9.66. The summed E-state index contributed by atoms with van der Waals surface area (Å²) >= 11 is 0. The summed E-state index contributed by atoms with van der Waals surface area (Å²) in [5.74, 6) is 2.30. The van der Waals surface area contributed by atoms with Gasteiger partial charge in [0, 0.05) is 17.4 Å². The second-order valence-electron chi connectivity index (χ2n) is 14.1. The Kier molecular flexibility index (Phi) is 6.60. The average molecular weight is 471 g/mol. The Bertz CT molecular complexity index is 896. The third-order valence-electron chi connectivity index (χ3n) is 11.9. The Morgan fingerprint density at radius 2 is 1.76 bits per heavy atom. The first-order valence-corrected chi connectivity index (χ1v) is 14.0. The maximum absolute atomic E-state index is 13.9. The minimum atomic E-state index is -0.313. The van der Waals surface area contributed by atoms with Crippen LogP contribution in [0.25, 0.3) is 0 Å². The van der Waals surface area contributed by atoms with Gasteiger partial charge in [0.2, 0.25) is 0 Å². The molecule has 0 aromatic heterocycles. The second kappa shape index (κ2) is 8.58. The average Bonchev–Trinajstić information content (AvgIpc) is 3.04. The molecule has 0 radical (unpaired) electrons. The summed E-state index contributed by atoms with van der Waals surface area (Å²) in [5, 5.41) is 20.2. The van der Waals surface area contributed by atoms with Crippen molar-refractivity contribution in [3.63, 3.8) is 0 Å². The Morgan fingerprint density at radius 1 is 1.09 bits per heavy atom. The smallest absolute Gasteiger partial charge is 0.159 e. The van der Waals surface area contributed by atoms with Crippen molar-refractivity contribution < 1.29 is 15.0 Å². The number of aliphatic hydroxyl groups excluding tert-OH is 2. The number of allylic oxidation sites excluding steroid dienone is 3. The largest absolute Gasteiger partial charge is 0.393 e. The number of aliphatic hydroxyl groups is 2. The highest BCUT2D eigenvalue weighted by molar-refractivity contribution is 5.99. The van der Waals surface area contributed by atoms with E-state index in [-0.39, 0.29) is 40.3 Å². The molecule has 192 valence electrons. The van der Waals surface area contributed by atoms with E-state index in [0.29, 0.717) is 30.0 Å². The molecule has 34 heavy (non-hydrogen) atoms. The SMILES string of the molecule is CC(=C[C@@H](C)C[C@@H](C)[C@H]1CC[C@@]2(C)C3=C(CC[C@]12C)[C@@]1(C)CC[C@H](O)C(C)(C)[C@@H]1CC3=O)CO. The number of Topliss-reactive ketones (excluding diaryl/α,β-unsaturated/α-hetero) is 1. The Balaban J connectivity index is 1.68. The zero-order valence-corrected chi connectivity index (χ0v) is 23.1. The van der Waals surface area contributed by atoms with Gasteiger partial charge in [-0.1, -0.05) is 65.7 Å². The number of ketones is 1. The van der Waals surface area contributed by atoms with Crippen LogP contribution >= 0.6 is 0 Å². The number of hydrogen-bond donors (Lipinski definition) is 2. The third kappa shape index (κ3) is 3.62. The van der Waals surface area contributed by atoms with E-state index in [1.807, 2.05) is 6.92 Å². The van der Waals surface area contributed by atoms with Crippen molar-refractivity contribution in [2.45, 2.75) is 113 Å². The molecule has 2 N–H and O–H groups in total. The molecule has 0 unspecified atom stereocenters. The van der Waals surface area contributed by atoms with Crippen molar-refractivity contribution in [1.82, 2.24) is 0 Å². The van der Waals surface area contributed by atoms with Gasteiger partial charge in [0.1, 0.15) is 0 Å². The van der Waals surface area contributed by atoms with Crippen LogP contribution in [0.1, 0.15) is 107 Å². The molecule has 0 aromatic carbocycles. The van der Waals surface area contributed by atoms with Crippen LogP contribution < -0.4 is 0 Å². The van der Waals surface area contributed by atoms with E-state index in [4.69, 9.17) is 0 Å². The molecule has 2 saturated carbocycles. The van der Waals surface area contributed by atoms with Gasteiger partial charge in [-0.25, -0.2) is 0 Å². The number of carbonyl (C=O) groups is 1. The maximum atomic E-state index is 13.9. The molecule has 3 nitrogen and oxygen atoms in total. The van der Waals surface area contributed by atoms with Crippen LogP contribution in [0, 0.1) is 45.3 Å². The Hall–Kier alpha value is -0.930. The molecule has 0 aromatic rings. The Morgan fingerprint density at radius 3 is 2.41 bits per heavy atom. The van der Waals surface area contributed by atoms with E-state index in [1.54, 1.807) is 0 Å². The van der Waals surface area contributed by atoms with Gasteiger partial charge in [0.05, 0.1) is 12.7 Å². The molecule has 2 fully saturated rings. The van der Waals surface area contributed by atoms with Crippen LogP contribution in [0.2, 0.25) is 0 Å². The topological polar surface area (TPSA) is 57.5 Å². The summed E-state index contributed by atoms with van der Waals surface area (Å²) < 4.78 is 0. The van der Waals surface area contributed by atoms with Crippen molar-refractivity contribution >= 4 is 5.78 Å². The van der Waals surface area contributed by atoms with Crippen molar-refractivity contribution in [3.05, 3.63) is 22.8 Å². The van der Waals surface area contributed by atoms with Gasteiger partial charge in [0.25, 0.3) is 0 Å². The predicted octanol–water partition coefficient (Wildman–Crippen LogP) is 6.88. The van der Waals surface area contributed by atoms with Crippen LogP contribution in [-0.4, -0.2) is 28.7 Å². The lowest BCUT2D eigenvalue weighted by Crippen LogP contribution is -2.57. The van der Waals surface area contributed by atoms with Crippen LogP contribution in [0.15, 0.2) is 22.8 Å². The van der Waals surface area contributed by atoms with E-state index in [1.165, 1.54) is 24.0 Å². The highest BCUT2D eigenvalue weighted by Gasteiger charge is 2.65. The fraction of sp³-hybridized carbons (Fsp3) is 0.839. The van der Waals surface area contributed by atoms with Crippen LogP contribution in [0.3, 0.4) is 0 Å². The zero-order valence-electron chi connectivity index (χ0n) is 23.1. The highest BCUT2D eigenvalue weighted by Crippen LogP contribution is 2.71. The van der Waals surface area contributed by atoms with Gasteiger partial charge in [-0.15, -0.1) is 0 Å². The number of carbonyl (C=O) groups excluding carboxylic acids is 1. The molecule has 0 saturated heterocycles. The molecule has 3 heteroatoms. The van der Waals surface area contributed by atoms with E-state index < -0.39 is 0 Å². The second-order valence-corrected chi connectivity index (χ2v) is 14.1. The summed E-state index contributed by atoms with van der Waals surface area (Å²) in [6.45, 7) is 18.6. The quantitative estimate of drug-likeness (QED) is 0.431. The summed E-state index contributed by atoms with van der Waals surface area (Å²) in [5.41, 5.74) is 3.69. The molecule has 0 heterocycles. The van der Waals surface area contributed by atoms with Crippen LogP contribution in [0.5, 0.6) is 0 Å². The van der Waals surface area contributed by atoms with Gasteiger partial charge in [0.15, 0.2) is 5.78 Å². The molecule has 4 aliphatic carbocycles. The standard InChI is InChI=1S/C31H50O3/c1-19(15-20(2)18-32)16-21(3)22-9-14-31(8)27-23(10-13-30(22,31)7)29(6)12-11-26(34)28(4,5)25(29)17-24(27)33/h15,19,21-22,25-26,32,34H,9-14,16-18H2,1-8H3/t19-,21-,22-,25+,26+,29-,30-,31+/m1/s1. The van der Waals surface area contributed by atoms with Crippen LogP contribution in [-0.2, 0) is 4.79 Å². The van der Waals surface area contributed by atoms with Crippen molar-refractivity contribution in [2.24, 2.45) is 45.3 Å². The number of fused-ring (bicyclic) bond motifs is 4. The number of rotatable bonds is 5. The van der Waals surface area contributed by atoms with Crippen molar-refractivity contribution in [2.75, 3.05) is 6.61 Å². The summed E-state index contributed by atoms with van der Waals surface area (Å²) in [6.07, 6.45) is 10.1. The van der Waals surface area contributed by atoms with Crippen molar-refractivity contribution in [1.29, 1.82) is 0 Å². The van der Waals surface area contributed by atoms with Crippen molar-refractivity contribution in [3.8, 4) is 0 Å². The van der Waals surface area contributed by atoms with Crippen LogP contribution in [0.4, 0.5) is 0 Å². The van der Waals surface area contributed by atoms with Gasteiger partial charge in [-0.3, -0.25) is 4.79 Å². The fourth-order valence-electron chi connectivity index (χ4n) is 9.66. The summed E-state index contributed by atoms with van der Waals surface area (Å²) in [6, 6.07) is 0. The third-order valence-corrected chi connectivity index (χ3v) is 11.9. The lowest BCUT2D eigenvalue weighted by atomic mass is 9.43. The molecule has 0 bridgehead atoms. The minimum absolute atomic E-state index is 0.0368. The minimum Gasteiger partial charge on any atom is -0.393 e. The molecule has 0 aliphatic heterocycles. The maximum Gasteiger partial charge on any atom is 0.159 e. The van der Waals surface area contributed by atoms with E-state index in [2.05, 4.69) is 54.5 Å². The highest BCUT2D eigenvalue weighted by atomic mass is 16.3. The molecule has 4 aliphatic rings. The van der Waals surface area contributed by atoms with Gasteiger partial charge >= 0.3 is 0 Å². The molecule has 0 amide bonds. The predicted molar refractivity (Wildman–Crippen MR) is 139 cm³/mol. The molecular formula is C31H50O3. The first kappa shape index (κ1) is 26.1. The summed E-state index contributed by atoms with van der Waals surface area (Å²) in [7, 11) is 0. The molecule has 4 rings (SSSR count). The lowest BCUT2D eigenvalue weighted by Gasteiger charge is -2.61. The van der Waals surface area contributed by atoms with Gasteiger partial charge in [-0.2, -0.15) is 0 Å². The molecule has 0 spiro atoms. The van der Waals surface area contributed by atoms with E-state index in [9.17, 15) is 15.0 Å². The van der Waals surface area contributed by atoms with Gasteiger partial charge < -0.3 is 10.2 Å². The monoisotopic (exact) mass is 470 g/mol. The number of hydrogen-bond acceptors (Lipinski definition) is 3. The zero-order chi connectivity index (χ0) is 25.3. The van der Waals surface area contributed by atoms with E-state index >= 15 is 0 Å².